The van der Waals surface area contributed by atoms with E-state index in [0.29, 0.717) is 29.2 Å². The molecule has 9 nitrogen and oxygen atoms in total. The molecule has 0 amide bonds. The van der Waals surface area contributed by atoms with Gasteiger partial charge in [0.25, 0.3) is 0 Å². The molecule has 0 aliphatic rings. The van der Waals surface area contributed by atoms with Gasteiger partial charge in [0.15, 0.2) is 5.82 Å². The third-order valence-corrected chi connectivity index (χ3v) is 6.86. The van der Waals surface area contributed by atoms with Crippen molar-refractivity contribution in [3.05, 3.63) is 71.9 Å². The highest BCUT2D eigenvalue weighted by molar-refractivity contribution is 7.22. The normalized spacial score (nSPS) is 12.2. The lowest BCUT2D eigenvalue weighted by atomic mass is 9.97. The van der Waals surface area contributed by atoms with Crippen LogP contribution >= 0.6 is 11.3 Å². The van der Waals surface area contributed by atoms with E-state index < -0.39 is 11.8 Å². The Hall–Kier alpha value is -3.87. The Morgan fingerprint density at radius 3 is 2.81 bits per heavy atom. The van der Waals surface area contributed by atoms with Gasteiger partial charge < -0.3 is 16.2 Å². The number of aliphatic hydroxyl groups excluding tert-OH is 1. The number of aliphatic hydroxyl groups is 1. The predicted octanol–water partition coefficient (Wildman–Crippen LogP) is 3.91. The molecule has 0 spiro atoms. The van der Waals surface area contributed by atoms with Crippen LogP contribution in [0.25, 0.3) is 31.8 Å². The minimum Gasteiger partial charge on any atom is -0.390 e. The third-order valence-electron chi connectivity index (χ3n) is 5.67. The average Bonchev–Trinajstić information content (AvgIpc) is 3.51. The highest BCUT2D eigenvalue weighted by atomic mass is 32.1. The van der Waals surface area contributed by atoms with Gasteiger partial charge in [0, 0.05) is 35.1 Å². The quantitative estimate of drug-likeness (QED) is 0.269. The van der Waals surface area contributed by atoms with Crippen LogP contribution in [0.3, 0.4) is 0 Å². The van der Waals surface area contributed by atoms with Crippen molar-refractivity contribution >= 4 is 27.4 Å². The number of hydrogen-bond acceptors (Lipinski definition) is 9. The molecule has 1 atom stereocenters. The van der Waals surface area contributed by atoms with E-state index in [1.807, 2.05) is 31.2 Å². The molecular weight excluding hydrogens is 486 g/mol. The van der Waals surface area contributed by atoms with Gasteiger partial charge in [-0.05, 0) is 29.5 Å². The SMILES string of the molecule is CC(N)c1cnc(F)cc1-c1cccc2cc(-c3nc(NCCn4nncc4CO)ncc3F)sc12. The first-order valence-electron chi connectivity index (χ1n) is 11.1. The molecule has 1 unspecified atom stereocenters. The van der Waals surface area contributed by atoms with Gasteiger partial charge in [-0.25, -0.2) is 24.0 Å². The first kappa shape index (κ1) is 23.9. The number of halogens is 2. The molecule has 0 aliphatic carbocycles. The van der Waals surface area contributed by atoms with Crippen LogP contribution in [0.15, 0.2) is 48.9 Å². The fourth-order valence-electron chi connectivity index (χ4n) is 3.92. The minimum atomic E-state index is -0.599. The maximum Gasteiger partial charge on any atom is 0.223 e. The monoisotopic (exact) mass is 508 g/mol. The Kier molecular flexibility index (Phi) is 6.63. The van der Waals surface area contributed by atoms with E-state index in [9.17, 15) is 13.9 Å². The summed E-state index contributed by atoms with van der Waals surface area (Å²) in [6.45, 7) is 2.46. The fraction of sp³-hybridized carbons (Fsp3) is 0.208. The second-order valence-corrected chi connectivity index (χ2v) is 9.19. The summed E-state index contributed by atoms with van der Waals surface area (Å²) in [5.41, 5.74) is 9.01. The number of hydrogen-bond donors (Lipinski definition) is 3. The Labute approximate surface area is 208 Å². The molecule has 0 aliphatic heterocycles. The fourth-order valence-corrected chi connectivity index (χ4v) is 5.10. The van der Waals surface area contributed by atoms with Crippen molar-refractivity contribution in [1.29, 1.82) is 0 Å². The second kappa shape index (κ2) is 10.0. The van der Waals surface area contributed by atoms with Gasteiger partial charge in [0.2, 0.25) is 11.9 Å². The summed E-state index contributed by atoms with van der Waals surface area (Å²) in [6.07, 6.45) is 4.06. The molecule has 1 aromatic carbocycles. The van der Waals surface area contributed by atoms with Crippen LogP contribution in [0.1, 0.15) is 24.2 Å². The van der Waals surface area contributed by atoms with Crippen molar-refractivity contribution in [2.24, 2.45) is 5.73 Å². The highest BCUT2D eigenvalue weighted by Crippen LogP contribution is 2.41. The van der Waals surface area contributed by atoms with Crippen molar-refractivity contribution in [3.8, 4) is 21.7 Å². The van der Waals surface area contributed by atoms with E-state index in [2.05, 4.69) is 30.6 Å². The maximum atomic E-state index is 14.8. The molecule has 0 radical (unpaired) electrons. The topological polar surface area (TPSA) is 128 Å². The molecule has 4 aromatic heterocycles. The molecule has 4 N–H and O–H groups in total. The average molecular weight is 509 g/mol. The van der Waals surface area contributed by atoms with Crippen LogP contribution in [0, 0.1) is 11.8 Å². The number of nitrogens with two attached hydrogens (primary N) is 1. The number of rotatable bonds is 8. The summed E-state index contributed by atoms with van der Waals surface area (Å²) in [5, 5.41) is 20.9. The maximum absolute atomic E-state index is 14.8. The lowest BCUT2D eigenvalue weighted by Crippen LogP contribution is -2.15. The zero-order valence-corrected chi connectivity index (χ0v) is 20.0. The van der Waals surface area contributed by atoms with Gasteiger partial charge in [0.05, 0.1) is 36.1 Å². The summed E-state index contributed by atoms with van der Waals surface area (Å²) in [4.78, 5) is 12.8. The van der Waals surface area contributed by atoms with Gasteiger partial charge in [-0.2, -0.15) is 4.39 Å². The molecular formula is C24H22F2N8OS. The number of nitrogens with one attached hydrogen (secondary N) is 1. The summed E-state index contributed by atoms with van der Waals surface area (Å²) >= 11 is 1.36. The number of nitrogens with zero attached hydrogens (tertiary/aromatic N) is 6. The number of benzene rings is 1. The molecule has 4 heterocycles. The number of pyridine rings is 1. The molecule has 184 valence electrons. The van der Waals surface area contributed by atoms with Gasteiger partial charge in [-0.15, -0.1) is 16.4 Å². The van der Waals surface area contributed by atoms with Gasteiger partial charge in [-0.3, -0.25) is 0 Å². The predicted molar refractivity (Wildman–Crippen MR) is 133 cm³/mol. The number of aromatic nitrogens is 6. The Morgan fingerprint density at radius 2 is 2.00 bits per heavy atom. The zero-order valence-electron chi connectivity index (χ0n) is 19.2. The van der Waals surface area contributed by atoms with E-state index in [4.69, 9.17) is 5.73 Å². The third kappa shape index (κ3) is 4.65. The summed E-state index contributed by atoms with van der Waals surface area (Å²) in [6, 6.07) is 8.55. The standard InChI is InChI=1S/C24H22F2N8OS/c1-13(27)18-10-29-21(26)8-17(18)16-4-2-3-14-7-20(36-23(14)16)22-19(25)11-30-24(32-22)28-5-6-34-15(12-35)9-31-33-34/h2-4,7-11,13,35H,5-6,12,27H2,1H3,(H,28,30,32). The smallest absolute Gasteiger partial charge is 0.223 e. The summed E-state index contributed by atoms with van der Waals surface area (Å²) in [7, 11) is 0. The minimum absolute atomic E-state index is 0.157. The Bertz CT molecular complexity index is 1530. The van der Waals surface area contributed by atoms with E-state index in [0.717, 1.165) is 27.4 Å². The number of thiophene rings is 1. The van der Waals surface area contributed by atoms with E-state index in [-0.39, 0.29) is 24.3 Å². The van der Waals surface area contributed by atoms with Gasteiger partial charge >= 0.3 is 0 Å². The second-order valence-electron chi connectivity index (χ2n) is 8.14. The molecule has 12 heteroatoms. The van der Waals surface area contributed by atoms with Crippen molar-refractivity contribution in [1.82, 2.24) is 29.9 Å². The Morgan fingerprint density at radius 1 is 1.14 bits per heavy atom. The first-order valence-corrected chi connectivity index (χ1v) is 11.9. The zero-order chi connectivity index (χ0) is 25.2. The largest absolute Gasteiger partial charge is 0.390 e. The van der Waals surface area contributed by atoms with Crippen molar-refractivity contribution < 1.29 is 13.9 Å². The van der Waals surface area contributed by atoms with Crippen molar-refractivity contribution in [2.75, 3.05) is 11.9 Å². The van der Waals surface area contributed by atoms with Crippen LogP contribution in [0.2, 0.25) is 0 Å². The molecule has 36 heavy (non-hydrogen) atoms. The number of fused-ring (bicyclic) bond motifs is 1. The lowest BCUT2D eigenvalue weighted by molar-refractivity contribution is 0.268. The summed E-state index contributed by atoms with van der Waals surface area (Å²) in [5.74, 6) is -0.901. The van der Waals surface area contributed by atoms with Crippen LogP contribution in [0.4, 0.5) is 14.7 Å². The van der Waals surface area contributed by atoms with Gasteiger partial charge in [-0.1, -0.05) is 23.4 Å². The van der Waals surface area contributed by atoms with Crippen molar-refractivity contribution in [3.63, 3.8) is 0 Å². The van der Waals surface area contributed by atoms with Gasteiger partial charge in [0.1, 0.15) is 5.69 Å². The van der Waals surface area contributed by atoms with E-state index in [1.54, 1.807) is 4.68 Å². The van der Waals surface area contributed by atoms with Crippen LogP contribution in [-0.4, -0.2) is 41.6 Å². The van der Waals surface area contributed by atoms with Crippen LogP contribution in [0.5, 0.6) is 0 Å². The molecule has 0 saturated carbocycles. The number of anilines is 1. The van der Waals surface area contributed by atoms with Crippen LogP contribution < -0.4 is 11.1 Å². The Balaban J connectivity index is 1.47. The molecule has 5 aromatic rings. The van der Waals surface area contributed by atoms with Crippen LogP contribution in [-0.2, 0) is 13.2 Å². The molecule has 0 saturated heterocycles. The molecule has 0 bridgehead atoms. The van der Waals surface area contributed by atoms with Crippen molar-refractivity contribution in [2.45, 2.75) is 26.1 Å². The van der Waals surface area contributed by atoms with E-state index >= 15 is 0 Å². The lowest BCUT2D eigenvalue weighted by Gasteiger charge is -2.13. The van der Waals surface area contributed by atoms with E-state index in [1.165, 1.54) is 29.8 Å². The molecule has 0 fully saturated rings. The summed E-state index contributed by atoms with van der Waals surface area (Å²) < 4.78 is 31.3. The highest BCUT2D eigenvalue weighted by Gasteiger charge is 2.18. The molecule has 5 rings (SSSR count). The first-order chi connectivity index (χ1) is 17.4.